The Morgan fingerprint density at radius 2 is 2.22 bits per heavy atom. The molecule has 2 rings (SSSR count). The number of fused-ring (bicyclic) bond motifs is 1. The highest BCUT2D eigenvalue weighted by Crippen LogP contribution is 2.26. The third-order valence-electron chi connectivity index (χ3n) is 2.65. The summed E-state index contributed by atoms with van der Waals surface area (Å²) in [6, 6.07) is 5.61. The van der Waals surface area contributed by atoms with Gasteiger partial charge in [0.05, 0.1) is 17.1 Å². The topological polar surface area (TPSA) is 44.1 Å². The number of aromatic nitrogens is 2. The SMILES string of the molecule is CCOC(=O)c1nc2c(Cl)cccc2n1C(C)C. The second-order valence-corrected chi connectivity index (χ2v) is 4.63. The Labute approximate surface area is 111 Å². The fourth-order valence-electron chi connectivity index (χ4n) is 1.95. The summed E-state index contributed by atoms with van der Waals surface area (Å²) in [6.07, 6.45) is 0. The van der Waals surface area contributed by atoms with E-state index in [2.05, 4.69) is 4.98 Å². The molecule has 96 valence electrons. The number of hydrogen-bond donors (Lipinski definition) is 0. The van der Waals surface area contributed by atoms with Crippen molar-refractivity contribution in [3.63, 3.8) is 0 Å². The lowest BCUT2D eigenvalue weighted by Gasteiger charge is -2.11. The molecule has 0 amide bonds. The molecule has 1 aromatic carbocycles. The summed E-state index contributed by atoms with van der Waals surface area (Å²) in [5.74, 6) is -0.117. The van der Waals surface area contributed by atoms with Crippen LogP contribution in [0.2, 0.25) is 5.02 Å². The van der Waals surface area contributed by atoms with Crippen LogP contribution in [0.3, 0.4) is 0 Å². The zero-order chi connectivity index (χ0) is 13.3. The van der Waals surface area contributed by atoms with Crippen LogP contribution in [0.1, 0.15) is 37.4 Å². The van der Waals surface area contributed by atoms with Crippen molar-refractivity contribution >= 4 is 28.6 Å². The number of esters is 1. The van der Waals surface area contributed by atoms with Crippen molar-refractivity contribution in [3.8, 4) is 0 Å². The molecule has 0 saturated heterocycles. The largest absolute Gasteiger partial charge is 0.460 e. The highest BCUT2D eigenvalue weighted by molar-refractivity contribution is 6.35. The molecule has 0 atom stereocenters. The van der Waals surface area contributed by atoms with Crippen LogP contribution in [0.4, 0.5) is 0 Å². The number of hydrogen-bond acceptors (Lipinski definition) is 3. The van der Waals surface area contributed by atoms with Gasteiger partial charge in [-0.2, -0.15) is 0 Å². The van der Waals surface area contributed by atoms with Crippen molar-refractivity contribution in [2.24, 2.45) is 0 Å². The first-order valence-electron chi connectivity index (χ1n) is 5.89. The van der Waals surface area contributed by atoms with E-state index < -0.39 is 5.97 Å². The van der Waals surface area contributed by atoms with E-state index in [4.69, 9.17) is 16.3 Å². The van der Waals surface area contributed by atoms with Gasteiger partial charge in [-0.15, -0.1) is 0 Å². The summed E-state index contributed by atoms with van der Waals surface area (Å²) in [6.45, 7) is 6.08. The van der Waals surface area contributed by atoms with Gasteiger partial charge in [0.25, 0.3) is 0 Å². The van der Waals surface area contributed by atoms with Gasteiger partial charge in [0.1, 0.15) is 5.52 Å². The summed E-state index contributed by atoms with van der Waals surface area (Å²) in [5, 5.41) is 0.539. The molecule has 4 nitrogen and oxygen atoms in total. The molecule has 0 aliphatic heterocycles. The average molecular weight is 267 g/mol. The maximum absolute atomic E-state index is 11.9. The number of halogens is 1. The summed E-state index contributed by atoms with van der Waals surface area (Å²) in [4.78, 5) is 16.2. The second kappa shape index (κ2) is 4.98. The Balaban J connectivity index is 2.69. The van der Waals surface area contributed by atoms with Crippen molar-refractivity contribution in [2.75, 3.05) is 6.61 Å². The van der Waals surface area contributed by atoms with Gasteiger partial charge in [-0.1, -0.05) is 17.7 Å². The predicted octanol–water partition coefficient (Wildman–Crippen LogP) is 3.45. The number of rotatable bonds is 3. The summed E-state index contributed by atoms with van der Waals surface area (Å²) >= 11 is 6.10. The average Bonchev–Trinajstić information content (AvgIpc) is 2.70. The molecule has 2 aromatic rings. The highest BCUT2D eigenvalue weighted by Gasteiger charge is 2.21. The number of para-hydroxylation sites is 1. The molecule has 0 fully saturated rings. The maximum Gasteiger partial charge on any atom is 0.374 e. The molecule has 0 spiro atoms. The maximum atomic E-state index is 11.9. The lowest BCUT2D eigenvalue weighted by Crippen LogP contribution is -2.14. The van der Waals surface area contributed by atoms with Crippen molar-refractivity contribution in [1.29, 1.82) is 0 Å². The van der Waals surface area contributed by atoms with Gasteiger partial charge < -0.3 is 9.30 Å². The molecular formula is C13H15ClN2O2. The smallest absolute Gasteiger partial charge is 0.374 e. The number of benzene rings is 1. The molecule has 0 radical (unpaired) electrons. The Kier molecular flexibility index (Phi) is 3.57. The highest BCUT2D eigenvalue weighted by atomic mass is 35.5. The molecule has 18 heavy (non-hydrogen) atoms. The second-order valence-electron chi connectivity index (χ2n) is 4.23. The quantitative estimate of drug-likeness (QED) is 0.799. The van der Waals surface area contributed by atoms with E-state index in [1.807, 2.05) is 30.5 Å². The minimum atomic E-state index is -0.418. The normalized spacial score (nSPS) is 11.2. The summed E-state index contributed by atoms with van der Waals surface area (Å²) in [7, 11) is 0. The van der Waals surface area contributed by atoms with E-state index in [1.165, 1.54) is 0 Å². The lowest BCUT2D eigenvalue weighted by atomic mass is 10.3. The summed E-state index contributed by atoms with van der Waals surface area (Å²) < 4.78 is 6.87. The van der Waals surface area contributed by atoms with Crippen molar-refractivity contribution in [1.82, 2.24) is 9.55 Å². The molecule has 1 heterocycles. The van der Waals surface area contributed by atoms with E-state index >= 15 is 0 Å². The van der Waals surface area contributed by atoms with Crippen LogP contribution in [0.15, 0.2) is 18.2 Å². The van der Waals surface area contributed by atoms with Gasteiger partial charge in [-0.05, 0) is 32.9 Å². The van der Waals surface area contributed by atoms with Crippen LogP contribution in [0.25, 0.3) is 11.0 Å². The number of carbonyl (C=O) groups is 1. The fraction of sp³-hybridized carbons (Fsp3) is 0.385. The summed E-state index contributed by atoms with van der Waals surface area (Å²) in [5.41, 5.74) is 1.48. The van der Waals surface area contributed by atoms with Gasteiger partial charge in [0.2, 0.25) is 5.82 Å². The Morgan fingerprint density at radius 3 is 2.83 bits per heavy atom. The molecule has 0 aliphatic rings. The molecule has 0 unspecified atom stereocenters. The minimum Gasteiger partial charge on any atom is -0.460 e. The van der Waals surface area contributed by atoms with Crippen LogP contribution in [-0.2, 0) is 4.74 Å². The third kappa shape index (κ3) is 2.08. The Morgan fingerprint density at radius 1 is 1.50 bits per heavy atom. The molecular weight excluding hydrogens is 252 g/mol. The van der Waals surface area contributed by atoms with Crippen LogP contribution < -0.4 is 0 Å². The first-order chi connectivity index (χ1) is 8.56. The van der Waals surface area contributed by atoms with E-state index in [9.17, 15) is 4.79 Å². The van der Waals surface area contributed by atoms with Gasteiger partial charge in [-0.25, -0.2) is 9.78 Å². The molecule has 1 aromatic heterocycles. The standard InChI is InChI=1S/C13H15ClN2O2/c1-4-18-13(17)12-15-11-9(14)6-5-7-10(11)16(12)8(2)3/h5-8H,4H2,1-3H3. The predicted molar refractivity (Wildman–Crippen MR) is 71.1 cm³/mol. The first-order valence-corrected chi connectivity index (χ1v) is 6.27. The van der Waals surface area contributed by atoms with E-state index in [-0.39, 0.29) is 6.04 Å². The third-order valence-corrected chi connectivity index (χ3v) is 2.95. The molecule has 0 aliphatic carbocycles. The van der Waals surface area contributed by atoms with Crippen LogP contribution >= 0.6 is 11.6 Å². The molecule has 0 N–H and O–H groups in total. The Bertz CT molecular complexity index is 590. The minimum absolute atomic E-state index is 0.105. The van der Waals surface area contributed by atoms with Crippen molar-refractivity contribution < 1.29 is 9.53 Å². The van der Waals surface area contributed by atoms with E-state index in [0.29, 0.717) is 23.0 Å². The first kappa shape index (κ1) is 12.9. The number of imidazole rings is 1. The van der Waals surface area contributed by atoms with Gasteiger partial charge in [0, 0.05) is 6.04 Å². The van der Waals surface area contributed by atoms with E-state index in [1.54, 1.807) is 13.0 Å². The number of nitrogens with zero attached hydrogens (tertiary/aromatic N) is 2. The van der Waals surface area contributed by atoms with E-state index in [0.717, 1.165) is 5.52 Å². The molecule has 5 heteroatoms. The zero-order valence-corrected chi connectivity index (χ0v) is 11.4. The number of carbonyl (C=O) groups excluding carboxylic acids is 1. The molecule has 0 bridgehead atoms. The fourth-order valence-corrected chi connectivity index (χ4v) is 2.16. The molecule has 0 saturated carbocycles. The lowest BCUT2D eigenvalue weighted by molar-refractivity contribution is 0.0505. The van der Waals surface area contributed by atoms with Crippen LogP contribution in [-0.4, -0.2) is 22.1 Å². The van der Waals surface area contributed by atoms with Crippen molar-refractivity contribution in [3.05, 3.63) is 29.0 Å². The number of ether oxygens (including phenoxy) is 1. The zero-order valence-electron chi connectivity index (χ0n) is 10.6. The monoisotopic (exact) mass is 266 g/mol. The van der Waals surface area contributed by atoms with Crippen LogP contribution in [0, 0.1) is 0 Å². The van der Waals surface area contributed by atoms with Gasteiger partial charge in [0.15, 0.2) is 0 Å². The van der Waals surface area contributed by atoms with Gasteiger partial charge >= 0.3 is 5.97 Å². The van der Waals surface area contributed by atoms with Crippen LogP contribution in [0.5, 0.6) is 0 Å². The van der Waals surface area contributed by atoms with Crippen molar-refractivity contribution in [2.45, 2.75) is 26.8 Å². The van der Waals surface area contributed by atoms with Gasteiger partial charge in [-0.3, -0.25) is 0 Å². The Hall–Kier alpha value is -1.55.